The summed E-state index contributed by atoms with van der Waals surface area (Å²) in [4.78, 5) is 29.2. The van der Waals surface area contributed by atoms with Crippen LogP contribution in [0, 0.1) is 5.92 Å². The molecule has 148 valence electrons. The van der Waals surface area contributed by atoms with Crippen molar-refractivity contribution in [1.29, 1.82) is 0 Å². The Balaban J connectivity index is 1.74. The van der Waals surface area contributed by atoms with Gasteiger partial charge in [-0.25, -0.2) is 0 Å². The van der Waals surface area contributed by atoms with Gasteiger partial charge in [-0.05, 0) is 30.5 Å². The Kier molecular flexibility index (Phi) is 6.01. The fourth-order valence-electron chi connectivity index (χ4n) is 4.52. The molecule has 2 heterocycles. The smallest absolute Gasteiger partial charge is 0.311 e. The molecule has 0 aromatic heterocycles. The van der Waals surface area contributed by atoms with E-state index >= 15 is 0 Å². The third kappa shape index (κ3) is 3.94. The number of piperidine rings is 1. The van der Waals surface area contributed by atoms with Crippen molar-refractivity contribution in [3.8, 4) is 5.75 Å². The second-order valence-electron chi connectivity index (χ2n) is 7.37. The fourth-order valence-corrected chi connectivity index (χ4v) is 4.52. The highest BCUT2D eigenvalue weighted by Gasteiger charge is 2.56. The molecule has 0 aliphatic carbocycles. The zero-order valence-electron chi connectivity index (χ0n) is 16.0. The fraction of sp³-hybridized carbons (Fsp3) is 0.600. The van der Waals surface area contributed by atoms with E-state index in [-0.39, 0.29) is 24.0 Å². The molecule has 2 aliphatic rings. The summed E-state index contributed by atoms with van der Waals surface area (Å²) in [6, 6.07) is 7.26. The van der Waals surface area contributed by atoms with Crippen LogP contribution < -0.4 is 0 Å². The molecule has 7 heteroatoms. The molecule has 2 fully saturated rings. The van der Waals surface area contributed by atoms with E-state index in [1.807, 2.05) is 17.0 Å². The van der Waals surface area contributed by atoms with Crippen LogP contribution in [-0.4, -0.2) is 72.8 Å². The van der Waals surface area contributed by atoms with Crippen LogP contribution in [0.3, 0.4) is 0 Å². The second-order valence-corrected chi connectivity index (χ2v) is 7.37. The molecule has 1 aromatic carbocycles. The summed E-state index contributed by atoms with van der Waals surface area (Å²) in [7, 11) is 3.00. The first-order chi connectivity index (χ1) is 13.0. The van der Waals surface area contributed by atoms with Crippen molar-refractivity contribution in [2.75, 3.05) is 40.5 Å². The molecule has 2 saturated heterocycles. The summed E-state index contributed by atoms with van der Waals surface area (Å²) < 4.78 is 10.2. The van der Waals surface area contributed by atoms with Gasteiger partial charge in [-0.3, -0.25) is 14.5 Å². The topological polar surface area (TPSA) is 79.3 Å². The minimum atomic E-state index is -0.488. The highest BCUT2D eigenvalue weighted by atomic mass is 16.5. The molecule has 3 rings (SSSR count). The van der Waals surface area contributed by atoms with E-state index in [1.54, 1.807) is 19.2 Å². The Morgan fingerprint density at radius 2 is 2.04 bits per heavy atom. The number of phenolic OH excluding ortho intramolecular Hbond substituents is 1. The zero-order chi connectivity index (χ0) is 19.4. The van der Waals surface area contributed by atoms with Gasteiger partial charge in [0.05, 0.1) is 25.2 Å². The van der Waals surface area contributed by atoms with Crippen molar-refractivity contribution in [2.24, 2.45) is 5.92 Å². The highest BCUT2D eigenvalue weighted by Crippen LogP contribution is 2.44. The second kappa shape index (κ2) is 8.27. The molecule has 0 bridgehead atoms. The number of methoxy groups -OCH3 is 2. The number of hydrogen-bond donors (Lipinski definition) is 1. The summed E-state index contributed by atoms with van der Waals surface area (Å²) in [5, 5.41) is 9.65. The molecule has 1 aromatic rings. The largest absolute Gasteiger partial charge is 0.508 e. The standard InChI is InChI=1S/C20H28N2O5/c1-26-11-10-22-18(24)13-17(19(25)27-2)20(22)6-8-21(9-7-20)14-15-4-3-5-16(23)12-15/h3-5,12,17,23H,6-11,13-14H2,1-2H3. The van der Waals surface area contributed by atoms with Gasteiger partial charge in [0.15, 0.2) is 0 Å². The number of amides is 1. The maximum atomic E-state index is 12.6. The van der Waals surface area contributed by atoms with Crippen molar-refractivity contribution in [3.63, 3.8) is 0 Å². The quantitative estimate of drug-likeness (QED) is 0.756. The molecule has 7 nitrogen and oxygen atoms in total. The van der Waals surface area contributed by atoms with Crippen LogP contribution in [0.5, 0.6) is 5.75 Å². The molecule has 27 heavy (non-hydrogen) atoms. The average molecular weight is 376 g/mol. The van der Waals surface area contributed by atoms with Gasteiger partial charge < -0.3 is 19.5 Å². The Morgan fingerprint density at radius 3 is 2.67 bits per heavy atom. The molecule has 0 radical (unpaired) electrons. The highest BCUT2D eigenvalue weighted by molar-refractivity contribution is 5.89. The van der Waals surface area contributed by atoms with E-state index < -0.39 is 11.5 Å². The number of carbonyl (C=O) groups is 2. The number of aromatic hydroxyl groups is 1. The van der Waals surface area contributed by atoms with Crippen LogP contribution >= 0.6 is 0 Å². The lowest BCUT2D eigenvalue weighted by Gasteiger charge is -2.47. The Labute approximate surface area is 159 Å². The average Bonchev–Trinajstić information content (AvgIpc) is 2.93. The van der Waals surface area contributed by atoms with Gasteiger partial charge in [0, 0.05) is 39.7 Å². The summed E-state index contributed by atoms with van der Waals surface area (Å²) in [6.45, 7) is 3.24. The van der Waals surface area contributed by atoms with Gasteiger partial charge >= 0.3 is 5.97 Å². The van der Waals surface area contributed by atoms with Crippen molar-refractivity contribution < 1.29 is 24.2 Å². The van der Waals surface area contributed by atoms with E-state index in [9.17, 15) is 14.7 Å². The van der Waals surface area contributed by atoms with Crippen LogP contribution in [0.2, 0.25) is 0 Å². The van der Waals surface area contributed by atoms with E-state index in [0.717, 1.165) is 38.0 Å². The predicted molar refractivity (Wildman–Crippen MR) is 99.1 cm³/mol. The van der Waals surface area contributed by atoms with Crippen LogP contribution in [0.25, 0.3) is 0 Å². The van der Waals surface area contributed by atoms with Crippen molar-refractivity contribution in [2.45, 2.75) is 31.3 Å². The molecule has 1 spiro atoms. The maximum Gasteiger partial charge on any atom is 0.311 e. The van der Waals surface area contributed by atoms with E-state index in [4.69, 9.17) is 9.47 Å². The molecular formula is C20H28N2O5. The number of hydrogen-bond acceptors (Lipinski definition) is 6. The summed E-state index contributed by atoms with van der Waals surface area (Å²) in [5.74, 6) is -0.456. The molecular weight excluding hydrogens is 348 g/mol. The molecule has 2 aliphatic heterocycles. The van der Waals surface area contributed by atoms with E-state index in [1.165, 1.54) is 7.11 Å². The predicted octanol–water partition coefficient (Wildman–Crippen LogP) is 1.39. The first-order valence-electron chi connectivity index (χ1n) is 9.37. The number of benzene rings is 1. The molecule has 0 saturated carbocycles. The van der Waals surface area contributed by atoms with Crippen LogP contribution in [0.4, 0.5) is 0 Å². The SMILES string of the molecule is COCCN1C(=O)CC(C(=O)OC)C12CCN(Cc1cccc(O)c1)CC2. The lowest BCUT2D eigenvalue weighted by atomic mass is 9.76. The van der Waals surface area contributed by atoms with Crippen LogP contribution in [0.1, 0.15) is 24.8 Å². The maximum absolute atomic E-state index is 12.6. The summed E-state index contributed by atoms with van der Waals surface area (Å²) in [5.41, 5.74) is 0.562. The van der Waals surface area contributed by atoms with Crippen molar-refractivity contribution >= 4 is 11.9 Å². The number of carbonyl (C=O) groups excluding carboxylic acids is 2. The lowest BCUT2D eigenvalue weighted by molar-refractivity contribution is -0.150. The minimum absolute atomic E-state index is 0.00359. The van der Waals surface area contributed by atoms with Crippen molar-refractivity contribution in [1.82, 2.24) is 9.80 Å². The van der Waals surface area contributed by atoms with Gasteiger partial charge in [0.25, 0.3) is 0 Å². The normalized spacial score (nSPS) is 22.4. The third-order valence-electron chi connectivity index (χ3n) is 5.91. The van der Waals surface area contributed by atoms with Gasteiger partial charge in [-0.2, -0.15) is 0 Å². The summed E-state index contributed by atoms with van der Waals surface area (Å²) >= 11 is 0. The number of likely N-dealkylation sites (tertiary alicyclic amines) is 2. The first-order valence-corrected chi connectivity index (χ1v) is 9.37. The third-order valence-corrected chi connectivity index (χ3v) is 5.91. The lowest BCUT2D eigenvalue weighted by Crippen LogP contribution is -2.58. The summed E-state index contributed by atoms with van der Waals surface area (Å²) in [6.07, 6.45) is 1.66. The molecule has 1 amide bonds. The van der Waals surface area contributed by atoms with Crippen LogP contribution in [0.15, 0.2) is 24.3 Å². The number of nitrogens with zero attached hydrogens (tertiary/aromatic N) is 2. The minimum Gasteiger partial charge on any atom is -0.508 e. The molecule has 1 unspecified atom stereocenters. The van der Waals surface area contributed by atoms with Gasteiger partial charge in [-0.1, -0.05) is 12.1 Å². The van der Waals surface area contributed by atoms with Gasteiger partial charge in [0.1, 0.15) is 5.75 Å². The van der Waals surface area contributed by atoms with E-state index in [2.05, 4.69) is 4.90 Å². The monoisotopic (exact) mass is 376 g/mol. The number of phenols is 1. The van der Waals surface area contributed by atoms with Gasteiger partial charge in [-0.15, -0.1) is 0 Å². The van der Waals surface area contributed by atoms with E-state index in [0.29, 0.717) is 13.2 Å². The Morgan fingerprint density at radius 1 is 1.30 bits per heavy atom. The number of rotatable bonds is 6. The number of ether oxygens (including phenoxy) is 2. The van der Waals surface area contributed by atoms with Gasteiger partial charge in [0.2, 0.25) is 5.91 Å². The Bertz CT molecular complexity index is 685. The van der Waals surface area contributed by atoms with Crippen molar-refractivity contribution in [3.05, 3.63) is 29.8 Å². The molecule has 1 atom stereocenters. The molecule has 1 N–H and O–H groups in total. The zero-order valence-corrected chi connectivity index (χ0v) is 16.0. The van der Waals surface area contributed by atoms with Crippen LogP contribution in [-0.2, 0) is 25.6 Å². The number of esters is 1. The Hall–Kier alpha value is -2.12. The first kappa shape index (κ1) is 19.6.